The third-order valence-corrected chi connectivity index (χ3v) is 2.24. The highest BCUT2D eigenvalue weighted by Gasteiger charge is 2.06. The van der Waals surface area contributed by atoms with E-state index >= 15 is 0 Å². The monoisotopic (exact) mass is 243 g/mol. The summed E-state index contributed by atoms with van der Waals surface area (Å²) in [6, 6.07) is 8.73. The smallest absolute Gasteiger partial charge is 0.274 e. The fraction of sp³-hybridized carbons (Fsp3) is 0.154. The number of ether oxygens (including phenoxy) is 1. The van der Waals surface area contributed by atoms with E-state index in [0.717, 1.165) is 5.75 Å². The minimum absolute atomic E-state index is 0.262. The van der Waals surface area contributed by atoms with Crippen molar-refractivity contribution in [2.75, 3.05) is 11.9 Å². The van der Waals surface area contributed by atoms with Crippen LogP contribution in [0.2, 0.25) is 0 Å². The van der Waals surface area contributed by atoms with Gasteiger partial charge in [0.2, 0.25) is 0 Å². The molecule has 1 N–H and O–H groups in total. The standard InChI is InChI=1S/C13H13N3O2/c1-2-18-11-5-3-10(4-6-11)16-13(17)12-7-8-14-9-15-12/h3-9H,2H2,1H3,(H,16,17). The van der Waals surface area contributed by atoms with E-state index in [-0.39, 0.29) is 5.91 Å². The molecular weight excluding hydrogens is 230 g/mol. The normalized spacial score (nSPS) is 9.83. The van der Waals surface area contributed by atoms with Crippen molar-refractivity contribution >= 4 is 11.6 Å². The number of hydrogen-bond donors (Lipinski definition) is 1. The van der Waals surface area contributed by atoms with Crippen LogP contribution < -0.4 is 10.1 Å². The molecule has 0 radical (unpaired) electrons. The highest BCUT2D eigenvalue weighted by molar-refractivity contribution is 6.02. The second-order valence-corrected chi connectivity index (χ2v) is 3.51. The highest BCUT2D eigenvalue weighted by Crippen LogP contribution is 2.16. The van der Waals surface area contributed by atoms with E-state index in [1.807, 2.05) is 6.92 Å². The van der Waals surface area contributed by atoms with Gasteiger partial charge in [0.1, 0.15) is 17.8 Å². The van der Waals surface area contributed by atoms with Gasteiger partial charge in [-0.2, -0.15) is 0 Å². The number of benzene rings is 1. The van der Waals surface area contributed by atoms with Crippen molar-refractivity contribution in [2.24, 2.45) is 0 Å². The molecule has 0 spiro atoms. The van der Waals surface area contributed by atoms with E-state index in [4.69, 9.17) is 4.74 Å². The lowest BCUT2D eigenvalue weighted by Crippen LogP contribution is -2.13. The van der Waals surface area contributed by atoms with Crippen LogP contribution in [-0.4, -0.2) is 22.5 Å². The van der Waals surface area contributed by atoms with E-state index in [2.05, 4.69) is 15.3 Å². The van der Waals surface area contributed by atoms with Gasteiger partial charge in [0, 0.05) is 11.9 Å². The molecule has 5 nitrogen and oxygen atoms in total. The van der Waals surface area contributed by atoms with Crippen LogP contribution in [0.25, 0.3) is 0 Å². The number of carbonyl (C=O) groups is 1. The summed E-state index contributed by atoms with van der Waals surface area (Å²) in [5, 5.41) is 2.74. The van der Waals surface area contributed by atoms with Gasteiger partial charge in [0.15, 0.2) is 0 Å². The number of hydrogen-bond acceptors (Lipinski definition) is 4. The summed E-state index contributed by atoms with van der Waals surface area (Å²) in [6.45, 7) is 2.54. The number of anilines is 1. The summed E-state index contributed by atoms with van der Waals surface area (Å²) in [4.78, 5) is 19.4. The molecule has 1 heterocycles. The molecule has 2 aromatic rings. The third-order valence-electron chi connectivity index (χ3n) is 2.24. The molecule has 92 valence electrons. The van der Waals surface area contributed by atoms with E-state index in [9.17, 15) is 4.79 Å². The van der Waals surface area contributed by atoms with Gasteiger partial charge in [0.25, 0.3) is 5.91 Å². The Morgan fingerprint density at radius 3 is 2.67 bits per heavy atom. The molecule has 0 saturated carbocycles. The molecule has 1 amide bonds. The molecule has 0 aliphatic carbocycles. The Kier molecular flexibility index (Phi) is 3.86. The summed E-state index contributed by atoms with van der Waals surface area (Å²) in [7, 11) is 0. The summed E-state index contributed by atoms with van der Waals surface area (Å²) >= 11 is 0. The van der Waals surface area contributed by atoms with Crippen LogP contribution in [0.15, 0.2) is 42.9 Å². The highest BCUT2D eigenvalue weighted by atomic mass is 16.5. The van der Waals surface area contributed by atoms with Crippen molar-refractivity contribution in [1.29, 1.82) is 0 Å². The molecule has 0 atom stereocenters. The van der Waals surface area contributed by atoms with Gasteiger partial charge in [-0.1, -0.05) is 0 Å². The summed E-state index contributed by atoms with van der Waals surface area (Å²) in [6.07, 6.45) is 2.87. The van der Waals surface area contributed by atoms with Crippen molar-refractivity contribution in [1.82, 2.24) is 9.97 Å². The molecule has 5 heteroatoms. The fourth-order valence-corrected chi connectivity index (χ4v) is 1.42. The van der Waals surface area contributed by atoms with Crippen molar-refractivity contribution in [3.05, 3.63) is 48.5 Å². The summed E-state index contributed by atoms with van der Waals surface area (Å²) < 4.78 is 5.32. The molecule has 0 aliphatic rings. The molecule has 1 aromatic heterocycles. The summed E-state index contributed by atoms with van der Waals surface area (Å²) in [5.74, 6) is 0.513. The number of aromatic nitrogens is 2. The summed E-state index contributed by atoms with van der Waals surface area (Å²) in [5.41, 5.74) is 1.03. The van der Waals surface area contributed by atoms with Crippen LogP contribution in [0, 0.1) is 0 Å². The zero-order valence-electron chi connectivity index (χ0n) is 9.96. The second-order valence-electron chi connectivity index (χ2n) is 3.51. The molecule has 18 heavy (non-hydrogen) atoms. The minimum atomic E-state index is -0.262. The molecule has 2 rings (SSSR count). The topological polar surface area (TPSA) is 64.1 Å². The van der Waals surface area contributed by atoms with Crippen LogP contribution in [0.5, 0.6) is 5.75 Å². The van der Waals surface area contributed by atoms with Crippen LogP contribution in [0.1, 0.15) is 17.4 Å². The number of nitrogens with zero attached hydrogens (tertiary/aromatic N) is 2. The van der Waals surface area contributed by atoms with Crippen LogP contribution in [0.4, 0.5) is 5.69 Å². The molecule has 0 unspecified atom stereocenters. The van der Waals surface area contributed by atoms with Crippen LogP contribution in [0.3, 0.4) is 0 Å². The largest absolute Gasteiger partial charge is 0.494 e. The van der Waals surface area contributed by atoms with Crippen molar-refractivity contribution in [2.45, 2.75) is 6.92 Å². The van der Waals surface area contributed by atoms with Gasteiger partial charge in [-0.25, -0.2) is 9.97 Å². The van der Waals surface area contributed by atoms with Crippen molar-refractivity contribution in [3.8, 4) is 5.75 Å². The van der Waals surface area contributed by atoms with Crippen molar-refractivity contribution in [3.63, 3.8) is 0 Å². The first-order valence-electron chi connectivity index (χ1n) is 5.60. The SMILES string of the molecule is CCOc1ccc(NC(=O)c2ccncn2)cc1. The number of amides is 1. The van der Waals surface area contributed by atoms with Gasteiger partial charge in [-0.05, 0) is 37.3 Å². The van der Waals surface area contributed by atoms with E-state index in [1.54, 1.807) is 30.3 Å². The molecular formula is C13H13N3O2. The quantitative estimate of drug-likeness (QED) is 0.893. The molecule has 0 aliphatic heterocycles. The molecule has 0 bridgehead atoms. The Labute approximate surface area is 105 Å². The Bertz CT molecular complexity index is 512. The van der Waals surface area contributed by atoms with Crippen molar-refractivity contribution < 1.29 is 9.53 Å². The predicted octanol–water partition coefficient (Wildman–Crippen LogP) is 2.13. The average Bonchev–Trinajstić information content (AvgIpc) is 2.42. The predicted molar refractivity (Wildman–Crippen MR) is 67.6 cm³/mol. The zero-order chi connectivity index (χ0) is 12.8. The van der Waals surface area contributed by atoms with Crippen LogP contribution in [-0.2, 0) is 0 Å². The second kappa shape index (κ2) is 5.77. The first kappa shape index (κ1) is 12.0. The van der Waals surface area contributed by atoms with E-state index < -0.39 is 0 Å². The number of carbonyl (C=O) groups excluding carboxylic acids is 1. The van der Waals surface area contributed by atoms with Gasteiger partial charge in [-0.3, -0.25) is 4.79 Å². The number of rotatable bonds is 4. The molecule has 0 saturated heterocycles. The van der Waals surface area contributed by atoms with Gasteiger partial charge < -0.3 is 10.1 Å². The van der Waals surface area contributed by atoms with E-state index in [1.165, 1.54) is 12.5 Å². The van der Waals surface area contributed by atoms with Gasteiger partial charge >= 0.3 is 0 Å². The Morgan fingerprint density at radius 1 is 1.28 bits per heavy atom. The maximum Gasteiger partial charge on any atom is 0.274 e. The third kappa shape index (κ3) is 3.04. The lowest BCUT2D eigenvalue weighted by Gasteiger charge is -2.06. The van der Waals surface area contributed by atoms with Gasteiger partial charge in [0.05, 0.1) is 6.61 Å². The Morgan fingerprint density at radius 2 is 2.06 bits per heavy atom. The van der Waals surface area contributed by atoms with E-state index in [0.29, 0.717) is 18.0 Å². The Hall–Kier alpha value is -2.43. The Balaban J connectivity index is 2.03. The first-order valence-corrected chi connectivity index (χ1v) is 5.60. The molecule has 1 aromatic carbocycles. The maximum atomic E-state index is 11.8. The lowest BCUT2D eigenvalue weighted by molar-refractivity contribution is 0.102. The average molecular weight is 243 g/mol. The van der Waals surface area contributed by atoms with Gasteiger partial charge in [-0.15, -0.1) is 0 Å². The minimum Gasteiger partial charge on any atom is -0.494 e. The van der Waals surface area contributed by atoms with Crippen LogP contribution >= 0.6 is 0 Å². The number of nitrogens with one attached hydrogen (secondary N) is 1. The lowest BCUT2D eigenvalue weighted by atomic mass is 10.3. The fourth-order valence-electron chi connectivity index (χ4n) is 1.42. The first-order chi connectivity index (χ1) is 8.79. The molecule has 0 fully saturated rings. The maximum absolute atomic E-state index is 11.8. The zero-order valence-corrected chi connectivity index (χ0v) is 9.96.